The highest BCUT2D eigenvalue weighted by Gasteiger charge is 2.15. The summed E-state index contributed by atoms with van der Waals surface area (Å²) in [5.41, 5.74) is 3.24. The molecule has 2 N–H and O–H groups in total. The van der Waals surface area contributed by atoms with Crippen LogP contribution in [0.15, 0.2) is 89.5 Å². The second-order valence-corrected chi connectivity index (χ2v) is 7.36. The van der Waals surface area contributed by atoms with E-state index in [1.807, 2.05) is 67.8 Å². The molecule has 0 bridgehead atoms. The van der Waals surface area contributed by atoms with Gasteiger partial charge < -0.3 is 10.6 Å². The van der Waals surface area contributed by atoms with E-state index in [0.29, 0.717) is 11.3 Å². The number of amides is 2. The first kappa shape index (κ1) is 20.4. The molecule has 2 amide bonds. The monoisotopic (exact) mass is 402 g/mol. The topological polar surface area (TPSA) is 58.2 Å². The van der Waals surface area contributed by atoms with Crippen LogP contribution in [0.1, 0.15) is 21.5 Å². The number of hydrogen-bond acceptors (Lipinski definition) is 3. The molecule has 0 unspecified atom stereocenters. The Balaban J connectivity index is 1.89. The van der Waals surface area contributed by atoms with E-state index in [2.05, 4.69) is 10.6 Å². The smallest absolute Gasteiger partial charge is 0.272 e. The number of hydrogen-bond donors (Lipinski definition) is 2. The van der Waals surface area contributed by atoms with Crippen molar-refractivity contribution < 1.29 is 9.59 Å². The third-order valence-electron chi connectivity index (χ3n) is 4.21. The minimum atomic E-state index is -0.381. The standard InChI is InChI=1S/C24H22N2O2S/c1-17-8-6-9-18(14-17)15-22(26-23(27)19-10-4-3-5-11-19)24(28)25-20-12-7-13-21(16-20)29-2/h3-16H,1-2H3,(H,25,28)(H,26,27)/b22-15+. The van der Waals surface area contributed by atoms with Crippen LogP contribution in [-0.2, 0) is 4.79 Å². The highest BCUT2D eigenvalue weighted by atomic mass is 32.2. The van der Waals surface area contributed by atoms with Crippen molar-refractivity contribution in [2.75, 3.05) is 11.6 Å². The summed E-state index contributed by atoms with van der Waals surface area (Å²) < 4.78 is 0. The average Bonchev–Trinajstić information content (AvgIpc) is 2.74. The molecule has 0 radical (unpaired) electrons. The number of anilines is 1. The molecule has 0 atom stereocenters. The summed E-state index contributed by atoms with van der Waals surface area (Å²) in [5, 5.41) is 5.63. The predicted molar refractivity (Wildman–Crippen MR) is 120 cm³/mol. The molecule has 0 fully saturated rings. The molecule has 0 heterocycles. The van der Waals surface area contributed by atoms with Gasteiger partial charge >= 0.3 is 0 Å². The van der Waals surface area contributed by atoms with Crippen molar-refractivity contribution in [3.63, 3.8) is 0 Å². The lowest BCUT2D eigenvalue weighted by Gasteiger charge is -2.12. The van der Waals surface area contributed by atoms with Gasteiger partial charge in [0.1, 0.15) is 5.70 Å². The Labute approximate surface area is 175 Å². The van der Waals surface area contributed by atoms with Crippen molar-refractivity contribution in [1.29, 1.82) is 0 Å². The molecular weight excluding hydrogens is 380 g/mol. The van der Waals surface area contributed by atoms with E-state index in [9.17, 15) is 9.59 Å². The van der Waals surface area contributed by atoms with Gasteiger partial charge in [-0.1, -0.05) is 54.1 Å². The van der Waals surface area contributed by atoms with Crippen LogP contribution in [0.25, 0.3) is 6.08 Å². The van der Waals surface area contributed by atoms with Gasteiger partial charge in [-0.3, -0.25) is 9.59 Å². The molecule has 3 rings (SSSR count). The maximum Gasteiger partial charge on any atom is 0.272 e. The van der Waals surface area contributed by atoms with Crippen molar-refractivity contribution in [1.82, 2.24) is 5.32 Å². The van der Waals surface area contributed by atoms with E-state index in [1.165, 1.54) is 0 Å². The maximum atomic E-state index is 13.0. The molecule has 5 heteroatoms. The van der Waals surface area contributed by atoms with Gasteiger partial charge in [-0.25, -0.2) is 0 Å². The first-order valence-corrected chi connectivity index (χ1v) is 10.4. The van der Waals surface area contributed by atoms with Crippen molar-refractivity contribution in [3.8, 4) is 0 Å². The highest BCUT2D eigenvalue weighted by molar-refractivity contribution is 7.98. The van der Waals surface area contributed by atoms with Crippen LogP contribution in [0.2, 0.25) is 0 Å². The van der Waals surface area contributed by atoms with E-state index in [0.717, 1.165) is 16.0 Å². The molecule has 0 saturated heterocycles. The Morgan fingerprint density at radius 1 is 0.897 bits per heavy atom. The van der Waals surface area contributed by atoms with E-state index in [4.69, 9.17) is 0 Å². The van der Waals surface area contributed by atoms with Gasteiger partial charge in [0.15, 0.2) is 0 Å². The van der Waals surface area contributed by atoms with E-state index in [-0.39, 0.29) is 17.5 Å². The summed E-state index contributed by atoms with van der Waals surface area (Å²) in [6.45, 7) is 1.98. The Bertz CT molecular complexity index is 1050. The Hall–Kier alpha value is -3.31. The van der Waals surface area contributed by atoms with Crippen LogP contribution >= 0.6 is 11.8 Å². The number of aryl methyl sites for hydroxylation is 1. The van der Waals surface area contributed by atoms with Crippen LogP contribution in [0.5, 0.6) is 0 Å². The van der Waals surface area contributed by atoms with Gasteiger partial charge in [0.25, 0.3) is 11.8 Å². The molecule has 0 aliphatic carbocycles. The molecule has 3 aromatic rings. The van der Waals surface area contributed by atoms with Crippen molar-refractivity contribution in [2.24, 2.45) is 0 Å². The number of thioether (sulfide) groups is 1. The van der Waals surface area contributed by atoms with Crippen LogP contribution in [0.3, 0.4) is 0 Å². The first-order valence-electron chi connectivity index (χ1n) is 9.15. The van der Waals surface area contributed by atoms with Crippen molar-refractivity contribution in [3.05, 3.63) is 101 Å². The molecule has 0 spiro atoms. The van der Waals surface area contributed by atoms with Gasteiger partial charge in [-0.15, -0.1) is 11.8 Å². The fraction of sp³-hybridized carbons (Fsp3) is 0.0833. The Kier molecular flexibility index (Phi) is 6.87. The van der Waals surface area contributed by atoms with Crippen molar-refractivity contribution in [2.45, 2.75) is 11.8 Å². The minimum Gasteiger partial charge on any atom is -0.321 e. The van der Waals surface area contributed by atoms with Crippen LogP contribution in [0.4, 0.5) is 5.69 Å². The molecule has 0 aromatic heterocycles. The van der Waals surface area contributed by atoms with Gasteiger partial charge in [0.05, 0.1) is 0 Å². The summed E-state index contributed by atoms with van der Waals surface area (Å²) >= 11 is 1.59. The zero-order valence-corrected chi connectivity index (χ0v) is 17.1. The van der Waals surface area contributed by atoms with Gasteiger partial charge in [-0.05, 0) is 55.2 Å². The molecule has 0 aliphatic rings. The van der Waals surface area contributed by atoms with E-state index < -0.39 is 0 Å². The highest BCUT2D eigenvalue weighted by Crippen LogP contribution is 2.19. The van der Waals surface area contributed by atoms with E-state index in [1.54, 1.807) is 42.1 Å². The van der Waals surface area contributed by atoms with Crippen LogP contribution in [0, 0.1) is 6.92 Å². The molecule has 0 saturated carbocycles. The Morgan fingerprint density at radius 2 is 1.66 bits per heavy atom. The molecule has 0 aliphatic heterocycles. The quantitative estimate of drug-likeness (QED) is 0.444. The lowest BCUT2D eigenvalue weighted by molar-refractivity contribution is -0.113. The lowest BCUT2D eigenvalue weighted by atomic mass is 10.1. The minimum absolute atomic E-state index is 0.180. The molecule has 146 valence electrons. The first-order chi connectivity index (χ1) is 14.0. The second-order valence-electron chi connectivity index (χ2n) is 6.48. The lowest BCUT2D eigenvalue weighted by Crippen LogP contribution is -2.30. The summed E-state index contributed by atoms with van der Waals surface area (Å²) in [4.78, 5) is 26.6. The number of carbonyl (C=O) groups is 2. The summed E-state index contributed by atoms with van der Waals surface area (Å²) in [5.74, 6) is -0.716. The molecular formula is C24H22N2O2S. The normalized spacial score (nSPS) is 11.0. The molecule has 4 nitrogen and oxygen atoms in total. The number of rotatable bonds is 6. The zero-order chi connectivity index (χ0) is 20.6. The third-order valence-corrected chi connectivity index (χ3v) is 4.93. The maximum absolute atomic E-state index is 13.0. The van der Waals surface area contributed by atoms with Crippen LogP contribution in [-0.4, -0.2) is 18.1 Å². The molecule has 3 aromatic carbocycles. The Morgan fingerprint density at radius 3 is 2.38 bits per heavy atom. The largest absolute Gasteiger partial charge is 0.321 e. The summed E-state index contributed by atoms with van der Waals surface area (Å²) in [6.07, 6.45) is 3.66. The molecule has 29 heavy (non-hydrogen) atoms. The van der Waals surface area contributed by atoms with Gasteiger partial charge in [0.2, 0.25) is 0 Å². The van der Waals surface area contributed by atoms with Crippen molar-refractivity contribution >= 4 is 35.3 Å². The number of carbonyl (C=O) groups excluding carboxylic acids is 2. The third kappa shape index (κ3) is 5.83. The predicted octanol–water partition coefficient (Wildman–Crippen LogP) is 5.13. The summed E-state index contributed by atoms with van der Waals surface area (Å²) in [7, 11) is 0. The summed E-state index contributed by atoms with van der Waals surface area (Å²) in [6, 6.07) is 24.1. The zero-order valence-electron chi connectivity index (χ0n) is 16.3. The van der Waals surface area contributed by atoms with Gasteiger partial charge in [0, 0.05) is 16.1 Å². The van der Waals surface area contributed by atoms with Crippen LogP contribution < -0.4 is 10.6 Å². The average molecular weight is 403 g/mol. The van der Waals surface area contributed by atoms with Gasteiger partial charge in [-0.2, -0.15) is 0 Å². The van der Waals surface area contributed by atoms with E-state index >= 15 is 0 Å². The fourth-order valence-electron chi connectivity index (χ4n) is 2.77. The SMILES string of the molecule is CSc1cccc(NC(=O)/C(=C\c2cccc(C)c2)NC(=O)c2ccccc2)c1. The number of benzene rings is 3. The number of nitrogens with one attached hydrogen (secondary N) is 2. The fourth-order valence-corrected chi connectivity index (χ4v) is 3.23. The second kappa shape index (κ2) is 9.75.